The first-order chi connectivity index (χ1) is 10.3. The molecule has 21 heavy (non-hydrogen) atoms. The van der Waals surface area contributed by atoms with Gasteiger partial charge in [-0.25, -0.2) is 0 Å². The molecule has 0 radical (unpaired) electrons. The average Bonchev–Trinajstić information content (AvgIpc) is 3.03. The van der Waals surface area contributed by atoms with Crippen LogP contribution in [0.1, 0.15) is 16.0 Å². The summed E-state index contributed by atoms with van der Waals surface area (Å²) in [5.74, 6) is 0. The predicted molar refractivity (Wildman–Crippen MR) is 87.2 cm³/mol. The lowest BCUT2D eigenvalue weighted by Gasteiger charge is -2.34. The van der Waals surface area contributed by atoms with Gasteiger partial charge in [0.25, 0.3) is 0 Å². The van der Waals surface area contributed by atoms with Gasteiger partial charge in [0.1, 0.15) is 0 Å². The third kappa shape index (κ3) is 4.14. The first-order valence-electron chi connectivity index (χ1n) is 7.49. The Morgan fingerprint density at radius 3 is 2.05 bits per heavy atom. The Balaban J connectivity index is 1.46. The number of hydrogen-bond donors (Lipinski definition) is 1. The molecule has 1 aliphatic heterocycles. The molecular formula is C17H22N2OS. The Hall–Kier alpha value is -1.20. The SMILES string of the molecule is OCc1ccc(CN2CCN(Cc3cccs3)CC2)cc1. The fourth-order valence-corrected chi connectivity index (χ4v) is 3.48. The van der Waals surface area contributed by atoms with Crippen molar-refractivity contribution < 1.29 is 5.11 Å². The van der Waals surface area contributed by atoms with Crippen molar-refractivity contribution in [3.05, 3.63) is 57.8 Å². The summed E-state index contributed by atoms with van der Waals surface area (Å²) in [5, 5.41) is 11.2. The minimum absolute atomic E-state index is 0.127. The van der Waals surface area contributed by atoms with Crippen molar-refractivity contribution in [3.63, 3.8) is 0 Å². The van der Waals surface area contributed by atoms with E-state index in [0.717, 1.165) is 44.8 Å². The molecule has 1 fully saturated rings. The summed E-state index contributed by atoms with van der Waals surface area (Å²) < 4.78 is 0. The van der Waals surface area contributed by atoms with Gasteiger partial charge in [0.2, 0.25) is 0 Å². The Labute approximate surface area is 130 Å². The monoisotopic (exact) mass is 302 g/mol. The lowest BCUT2D eigenvalue weighted by Crippen LogP contribution is -2.45. The molecule has 1 saturated heterocycles. The van der Waals surface area contributed by atoms with Crippen LogP contribution in [0, 0.1) is 0 Å². The molecule has 0 amide bonds. The second-order valence-corrected chi connectivity index (χ2v) is 6.64. The molecule has 1 aliphatic rings. The first-order valence-corrected chi connectivity index (χ1v) is 8.37. The van der Waals surface area contributed by atoms with Gasteiger partial charge >= 0.3 is 0 Å². The number of nitrogens with zero attached hydrogens (tertiary/aromatic N) is 2. The fraction of sp³-hybridized carbons (Fsp3) is 0.412. The Kier molecular flexibility index (Phi) is 5.04. The van der Waals surface area contributed by atoms with E-state index in [0.29, 0.717) is 0 Å². The number of rotatable bonds is 5. The number of hydrogen-bond acceptors (Lipinski definition) is 4. The predicted octanol–water partition coefficient (Wildman–Crippen LogP) is 2.56. The molecule has 4 heteroatoms. The Morgan fingerprint density at radius 2 is 1.48 bits per heavy atom. The first kappa shape index (κ1) is 14.7. The van der Waals surface area contributed by atoms with E-state index in [-0.39, 0.29) is 6.61 Å². The molecule has 1 N–H and O–H groups in total. The van der Waals surface area contributed by atoms with Crippen molar-refractivity contribution in [2.24, 2.45) is 0 Å². The molecule has 1 aromatic carbocycles. The van der Waals surface area contributed by atoms with Gasteiger partial charge in [0.05, 0.1) is 6.61 Å². The van der Waals surface area contributed by atoms with Gasteiger partial charge in [-0.15, -0.1) is 11.3 Å². The summed E-state index contributed by atoms with van der Waals surface area (Å²) in [7, 11) is 0. The maximum absolute atomic E-state index is 9.07. The van der Waals surface area contributed by atoms with E-state index in [9.17, 15) is 0 Å². The number of thiophene rings is 1. The van der Waals surface area contributed by atoms with Crippen molar-refractivity contribution in [1.82, 2.24) is 9.80 Å². The van der Waals surface area contributed by atoms with Crippen LogP contribution < -0.4 is 0 Å². The summed E-state index contributed by atoms with van der Waals surface area (Å²) in [6.45, 7) is 6.79. The second-order valence-electron chi connectivity index (χ2n) is 5.61. The van der Waals surface area contributed by atoms with E-state index < -0.39 is 0 Å². The van der Waals surface area contributed by atoms with E-state index in [2.05, 4.69) is 39.4 Å². The summed E-state index contributed by atoms with van der Waals surface area (Å²) in [4.78, 5) is 6.51. The van der Waals surface area contributed by atoms with E-state index >= 15 is 0 Å². The van der Waals surface area contributed by atoms with E-state index in [1.54, 1.807) is 0 Å². The number of piperazine rings is 1. The molecule has 0 aliphatic carbocycles. The van der Waals surface area contributed by atoms with Crippen LogP contribution in [0.15, 0.2) is 41.8 Å². The Bertz CT molecular complexity index is 530. The van der Waals surface area contributed by atoms with E-state index in [1.807, 2.05) is 23.5 Å². The minimum Gasteiger partial charge on any atom is -0.392 e. The topological polar surface area (TPSA) is 26.7 Å². The van der Waals surface area contributed by atoms with Crippen molar-refractivity contribution in [2.75, 3.05) is 26.2 Å². The van der Waals surface area contributed by atoms with Crippen LogP contribution in [0.5, 0.6) is 0 Å². The van der Waals surface area contributed by atoms with Crippen molar-refractivity contribution in [1.29, 1.82) is 0 Å². The van der Waals surface area contributed by atoms with Gasteiger partial charge in [0, 0.05) is 44.1 Å². The lowest BCUT2D eigenvalue weighted by atomic mass is 10.1. The number of aliphatic hydroxyl groups excluding tert-OH is 1. The molecule has 1 aromatic heterocycles. The quantitative estimate of drug-likeness (QED) is 0.919. The molecule has 3 rings (SSSR count). The van der Waals surface area contributed by atoms with E-state index in [4.69, 9.17) is 5.11 Å². The summed E-state index contributed by atoms with van der Waals surface area (Å²) in [6.07, 6.45) is 0. The fourth-order valence-electron chi connectivity index (χ4n) is 2.74. The largest absolute Gasteiger partial charge is 0.392 e. The molecular weight excluding hydrogens is 280 g/mol. The van der Waals surface area contributed by atoms with Crippen LogP contribution in [-0.2, 0) is 19.7 Å². The summed E-state index contributed by atoms with van der Waals surface area (Å²) in [6, 6.07) is 12.6. The van der Waals surface area contributed by atoms with Crippen LogP contribution in [-0.4, -0.2) is 41.1 Å². The highest BCUT2D eigenvalue weighted by Gasteiger charge is 2.17. The van der Waals surface area contributed by atoms with Crippen LogP contribution in [0.25, 0.3) is 0 Å². The summed E-state index contributed by atoms with van der Waals surface area (Å²) in [5.41, 5.74) is 2.32. The lowest BCUT2D eigenvalue weighted by molar-refractivity contribution is 0.123. The molecule has 2 heterocycles. The maximum Gasteiger partial charge on any atom is 0.0681 e. The smallest absolute Gasteiger partial charge is 0.0681 e. The Morgan fingerprint density at radius 1 is 0.857 bits per heavy atom. The van der Waals surface area contributed by atoms with Gasteiger partial charge in [-0.1, -0.05) is 30.3 Å². The van der Waals surface area contributed by atoms with Crippen molar-refractivity contribution in [2.45, 2.75) is 19.7 Å². The molecule has 2 aromatic rings. The maximum atomic E-state index is 9.07. The minimum atomic E-state index is 0.127. The third-order valence-electron chi connectivity index (χ3n) is 4.04. The van der Waals surface area contributed by atoms with Gasteiger partial charge in [0.15, 0.2) is 0 Å². The van der Waals surface area contributed by atoms with Crippen LogP contribution >= 0.6 is 11.3 Å². The molecule has 0 bridgehead atoms. The number of aliphatic hydroxyl groups is 1. The summed E-state index contributed by atoms with van der Waals surface area (Å²) >= 11 is 1.85. The zero-order chi connectivity index (χ0) is 14.5. The highest BCUT2D eigenvalue weighted by molar-refractivity contribution is 7.09. The van der Waals surface area contributed by atoms with Gasteiger partial charge in [-0.3, -0.25) is 9.80 Å². The highest BCUT2D eigenvalue weighted by Crippen LogP contribution is 2.15. The average molecular weight is 302 g/mol. The molecule has 0 atom stereocenters. The molecule has 0 saturated carbocycles. The van der Waals surface area contributed by atoms with Gasteiger partial charge < -0.3 is 5.11 Å². The van der Waals surface area contributed by atoms with Gasteiger partial charge in [-0.2, -0.15) is 0 Å². The van der Waals surface area contributed by atoms with Crippen LogP contribution in [0.2, 0.25) is 0 Å². The zero-order valence-electron chi connectivity index (χ0n) is 12.2. The van der Waals surface area contributed by atoms with Gasteiger partial charge in [-0.05, 0) is 22.6 Å². The second kappa shape index (κ2) is 7.18. The van der Waals surface area contributed by atoms with E-state index in [1.165, 1.54) is 10.4 Å². The van der Waals surface area contributed by atoms with Crippen molar-refractivity contribution >= 4 is 11.3 Å². The van der Waals surface area contributed by atoms with Crippen LogP contribution in [0.3, 0.4) is 0 Å². The molecule has 3 nitrogen and oxygen atoms in total. The highest BCUT2D eigenvalue weighted by atomic mass is 32.1. The number of benzene rings is 1. The third-order valence-corrected chi connectivity index (χ3v) is 4.90. The standard InChI is InChI=1S/C17H22N2OS/c20-14-16-5-3-15(4-6-16)12-18-7-9-19(10-8-18)13-17-2-1-11-21-17/h1-6,11,20H,7-10,12-14H2. The normalized spacial score (nSPS) is 17.2. The molecule has 112 valence electrons. The van der Waals surface area contributed by atoms with Crippen molar-refractivity contribution in [3.8, 4) is 0 Å². The molecule has 0 spiro atoms. The molecule has 0 unspecified atom stereocenters. The zero-order valence-corrected chi connectivity index (χ0v) is 13.1. The van der Waals surface area contributed by atoms with Crippen LogP contribution in [0.4, 0.5) is 0 Å².